The number of hydrogen-bond acceptors (Lipinski definition) is 4. The molecule has 31 heavy (non-hydrogen) atoms. The second-order valence-electron chi connectivity index (χ2n) is 7.56. The maximum Gasteiger partial charge on any atom is 0.252 e. The first kappa shape index (κ1) is 20.9. The molecule has 1 N–H and O–H groups in total. The van der Waals surface area contributed by atoms with Gasteiger partial charge in [-0.25, -0.2) is 4.68 Å². The molecule has 0 spiro atoms. The fourth-order valence-corrected chi connectivity index (χ4v) is 4.19. The first-order valence-electron chi connectivity index (χ1n) is 9.98. The van der Waals surface area contributed by atoms with Gasteiger partial charge in [0.1, 0.15) is 12.2 Å². The van der Waals surface area contributed by atoms with Crippen LogP contribution in [0.5, 0.6) is 0 Å². The zero-order chi connectivity index (χ0) is 22.1. The molecule has 4 aromatic rings. The van der Waals surface area contributed by atoms with Crippen molar-refractivity contribution in [3.05, 3.63) is 81.8 Å². The molecule has 0 atom stereocenters. The summed E-state index contributed by atoms with van der Waals surface area (Å²) in [5.74, 6) is -0.264. The number of carbonyl (C=O) groups is 1. The number of rotatable bonds is 5. The Hall–Kier alpha value is -3.32. The van der Waals surface area contributed by atoms with Crippen LogP contribution in [0.25, 0.3) is 16.7 Å². The van der Waals surface area contributed by atoms with Gasteiger partial charge in [-0.2, -0.15) is 5.10 Å². The van der Waals surface area contributed by atoms with Gasteiger partial charge in [0.05, 0.1) is 11.4 Å². The van der Waals surface area contributed by atoms with E-state index < -0.39 is 0 Å². The number of nitrogens with one attached hydrogen (secondary N) is 1. The van der Waals surface area contributed by atoms with Crippen LogP contribution in [0.1, 0.15) is 16.8 Å². The minimum atomic E-state index is -0.264. The number of amides is 1. The van der Waals surface area contributed by atoms with Crippen LogP contribution in [-0.2, 0) is 11.3 Å². The SMILES string of the molecule is CSc1cccc(NC(=O)Cn2c(=O)cc(C)c3c(C)nn(-c4ccc(C)cc4)c32)c1. The predicted molar refractivity (Wildman–Crippen MR) is 126 cm³/mol. The molecule has 0 bridgehead atoms. The molecular weight excluding hydrogens is 408 g/mol. The third-order valence-electron chi connectivity index (χ3n) is 5.23. The third kappa shape index (κ3) is 4.14. The second-order valence-corrected chi connectivity index (χ2v) is 8.44. The van der Waals surface area contributed by atoms with E-state index in [1.54, 1.807) is 22.5 Å². The minimum Gasteiger partial charge on any atom is -0.324 e. The van der Waals surface area contributed by atoms with Gasteiger partial charge in [-0.3, -0.25) is 14.2 Å². The molecule has 158 valence electrons. The number of pyridine rings is 1. The molecule has 0 aliphatic rings. The molecule has 0 saturated carbocycles. The van der Waals surface area contributed by atoms with Crippen molar-refractivity contribution in [3.8, 4) is 5.69 Å². The van der Waals surface area contributed by atoms with Gasteiger partial charge < -0.3 is 5.32 Å². The molecule has 0 fully saturated rings. The quantitative estimate of drug-likeness (QED) is 0.473. The van der Waals surface area contributed by atoms with Crippen molar-refractivity contribution in [2.45, 2.75) is 32.2 Å². The van der Waals surface area contributed by atoms with Gasteiger partial charge in [-0.05, 0) is 62.9 Å². The normalized spacial score (nSPS) is 11.1. The van der Waals surface area contributed by atoms with Crippen molar-refractivity contribution >= 4 is 34.4 Å². The highest BCUT2D eigenvalue weighted by Crippen LogP contribution is 2.24. The van der Waals surface area contributed by atoms with Gasteiger partial charge in [0.2, 0.25) is 5.91 Å². The lowest BCUT2D eigenvalue weighted by Crippen LogP contribution is -2.29. The van der Waals surface area contributed by atoms with Crippen LogP contribution in [0.2, 0.25) is 0 Å². The molecule has 1 amide bonds. The van der Waals surface area contributed by atoms with Gasteiger partial charge in [-0.15, -0.1) is 11.8 Å². The Labute approximate surface area is 184 Å². The average Bonchev–Trinajstić information content (AvgIpc) is 3.09. The van der Waals surface area contributed by atoms with Crippen molar-refractivity contribution in [1.82, 2.24) is 14.3 Å². The van der Waals surface area contributed by atoms with Gasteiger partial charge in [0.15, 0.2) is 0 Å². The number of hydrogen-bond donors (Lipinski definition) is 1. The Morgan fingerprint density at radius 3 is 2.52 bits per heavy atom. The monoisotopic (exact) mass is 432 g/mol. The van der Waals surface area contributed by atoms with E-state index in [4.69, 9.17) is 0 Å². The van der Waals surface area contributed by atoms with Crippen LogP contribution < -0.4 is 10.9 Å². The van der Waals surface area contributed by atoms with E-state index in [0.717, 1.165) is 32.8 Å². The maximum atomic E-state index is 12.9. The van der Waals surface area contributed by atoms with E-state index in [-0.39, 0.29) is 18.0 Å². The van der Waals surface area contributed by atoms with Crippen LogP contribution in [0, 0.1) is 20.8 Å². The Bertz CT molecular complexity index is 1340. The number of thioether (sulfide) groups is 1. The highest BCUT2D eigenvalue weighted by Gasteiger charge is 2.18. The first-order valence-corrected chi connectivity index (χ1v) is 11.2. The lowest BCUT2D eigenvalue weighted by Gasteiger charge is -2.13. The summed E-state index contributed by atoms with van der Waals surface area (Å²) < 4.78 is 3.25. The number of aryl methyl sites for hydroxylation is 3. The van der Waals surface area contributed by atoms with Crippen LogP contribution in [0.3, 0.4) is 0 Å². The molecule has 0 unspecified atom stereocenters. The third-order valence-corrected chi connectivity index (χ3v) is 5.95. The smallest absolute Gasteiger partial charge is 0.252 e. The molecule has 0 radical (unpaired) electrons. The molecule has 4 rings (SSSR count). The first-order chi connectivity index (χ1) is 14.9. The lowest BCUT2D eigenvalue weighted by molar-refractivity contribution is -0.116. The van der Waals surface area contributed by atoms with Crippen LogP contribution >= 0.6 is 11.8 Å². The van der Waals surface area contributed by atoms with Crippen molar-refractivity contribution in [2.24, 2.45) is 0 Å². The highest BCUT2D eigenvalue weighted by atomic mass is 32.2. The van der Waals surface area contributed by atoms with Crippen molar-refractivity contribution in [1.29, 1.82) is 0 Å². The summed E-state index contributed by atoms with van der Waals surface area (Å²) in [7, 11) is 0. The van der Waals surface area contributed by atoms with Gasteiger partial charge >= 0.3 is 0 Å². The molecule has 2 heterocycles. The number of aromatic nitrogens is 3. The molecular formula is C24H24N4O2S. The molecule has 6 nitrogen and oxygen atoms in total. The summed E-state index contributed by atoms with van der Waals surface area (Å²) >= 11 is 1.61. The van der Waals surface area contributed by atoms with E-state index >= 15 is 0 Å². The zero-order valence-corrected chi connectivity index (χ0v) is 18.8. The average molecular weight is 433 g/mol. The topological polar surface area (TPSA) is 68.9 Å². The summed E-state index contributed by atoms with van der Waals surface area (Å²) in [4.78, 5) is 26.8. The Morgan fingerprint density at radius 2 is 1.81 bits per heavy atom. The summed E-state index contributed by atoms with van der Waals surface area (Å²) in [6.45, 7) is 5.74. The molecule has 0 saturated heterocycles. The summed E-state index contributed by atoms with van der Waals surface area (Å²) in [5.41, 5.74) is 4.74. The fraction of sp³-hybridized carbons (Fsp3) is 0.208. The van der Waals surface area contributed by atoms with Gasteiger partial charge in [0.25, 0.3) is 5.56 Å². The van der Waals surface area contributed by atoms with E-state index in [2.05, 4.69) is 10.4 Å². The summed E-state index contributed by atoms with van der Waals surface area (Å²) in [6.07, 6.45) is 1.98. The Kier molecular flexibility index (Phi) is 5.69. The number of benzene rings is 2. The molecule has 2 aromatic heterocycles. The molecule has 2 aromatic carbocycles. The summed E-state index contributed by atoms with van der Waals surface area (Å²) in [6, 6.07) is 17.1. The van der Waals surface area contributed by atoms with Crippen molar-refractivity contribution in [2.75, 3.05) is 11.6 Å². The van der Waals surface area contributed by atoms with Crippen LogP contribution in [0.4, 0.5) is 5.69 Å². The largest absolute Gasteiger partial charge is 0.324 e. The van der Waals surface area contributed by atoms with Crippen molar-refractivity contribution < 1.29 is 4.79 Å². The molecule has 0 aliphatic carbocycles. The van der Waals surface area contributed by atoms with Crippen molar-refractivity contribution in [3.63, 3.8) is 0 Å². The number of nitrogens with zero attached hydrogens (tertiary/aromatic N) is 3. The van der Waals surface area contributed by atoms with E-state index in [0.29, 0.717) is 11.3 Å². The minimum absolute atomic E-state index is 0.101. The number of fused-ring (bicyclic) bond motifs is 1. The number of carbonyl (C=O) groups excluding carboxylic acids is 1. The molecule has 7 heteroatoms. The molecule has 0 aliphatic heterocycles. The second kappa shape index (κ2) is 8.43. The van der Waals surface area contributed by atoms with Gasteiger partial charge in [0, 0.05) is 22.0 Å². The number of anilines is 1. The highest BCUT2D eigenvalue weighted by molar-refractivity contribution is 7.98. The lowest BCUT2D eigenvalue weighted by atomic mass is 10.1. The Balaban J connectivity index is 1.79. The fourth-order valence-electron chi connectivity index (χ4n) is 3.73. The standard InChI is InChI=1S/C24H24N4O2S/c1-15-8-10-19(11-9-15)28-24-23(17(3)26-28)16(2)12-22(30)27(24)14-21(29)25-18-6-5-7-20(13-18)31-4/h5-13H,14H2,1-4H3,(H,25,29). The van der Waals surface area contributed by atoms with Crippen LogP contribution in [0.15, 0.2) is 64.3 Å². The zero-order valence-electron chi connectivity index (χ0n) is 18.0. The summed E-state index contributed by atoms with van der Waals surface area (Å²) in [5, 5.41) is 8.48. The van der Waals surface area contributed by atoms with Gasteiger partial charge in [-0.1, -0.05) is 23.8 Å². The predicted octanol–water partition coefficient (Wildman–Crippen LogP) is 4.47. The maximum absolute atomic E-state index is 12.9. The van der Waals surface area contributed by atoms with Crippen LogP contribution in [-0.4, -0.2) is 26.5 Å². The Morgan fingerprint density at radius 1 is 1.06 bits per heavy atom. The van der Waals surface area contributed by atoms with E-state index in [9.17, 15) is 9.59 Å². The van der Waals surface area contributed by atoms with E-state index in [1.165, 1.54) is 4.57 Å². The van der Waals surface area contributed by atoms with E-state index in [1.807, 2.05) is 75.6 Å².